The van der Waals surface area contributed by atoms with Crippen LogP contribution in [0.15, 0.2) is 53.5 Å². The lowest BCUT2D eigenvalue weighted by Crippen LogP contribution is -2.37. The molecule has 0 fully saturated rings. The van der Waals surface area contributed by atoms with Crippen LogP contribution < -0.4 is 15.8 Å². The molecule has 3 N–H and O–H groups in total. The fourth-order valence-corrected chi connectivity index (χ4v) is 3.47. The fraction of sp³-hybridized carbons (Fsp3) is 0.300. The molecule has 6 nitrogen and oxygen atoms in total. The summed E-state index contributed by atoms with van der Waals surface area (Å²) in [5.41, 5.74) is 9.44. The summed E-state index contributed by atoms with van der Waals surface area (Å²) in [5.74, 6) is 1.39. The first-order valence-corrected chi connectivity index (χ1v) is 8.91. The van der Waals surface area contributed by atoms with Crippen LogP contribution in [0, 0.1) is 0 Å². The van der Waals surface area contributed by atoms with E-state index in [0.717, 1.165) is 35.4 Å². The number of aromatic nitrogens is 2. The highest BCUT2D eigenvalue weighted by Crippen LogP contribution is 2.31. The summed E-state index contributed by atoms with van der Waals surface area (Å²) in [4.78, 5) is 4.50. The molecule has 1 aliphatic heterocycles. The molecule has 2 heterocycles. The van der Waals surface area contributed by atoms with E-state index in [-0.39, 0.29) is 6.04 Å². The molecule has 0 radical (unpaired) electrons. The third-order valence-electron chi connectivity index (χ3n) is 4.75. The van der Waals surface area contributed by atoms with Gasteiger partial charge in [0.15, 0.2) is 5.96 Å². The van der Waals surface area contributed by atoms with Gasteiger partial charge in [-0.3, -0.25) is 9.67 Å². The summed E-state index contributed by atoms with van der Waals surface area (Å²) < 4.78 is 7.60. The van der Waals surface area contributed by atoms with Crippen molar-refractivity contribution in [3.63, 3.8) is 0 Å². The Morgan fingerprint density at radius 1 is 1.27 bits per heavy atom. The van der Waals surface area contributed by atoms with Crippen LogP contribution in [-0.2, 0) is 13.5 Å². The van der Waals surface area contributed by atoms with Crippen molar-refractivity contribution in [1.29, 1.82) is 0 Å². The number of hydrogen-bond donors (Lipinski definition) is 2. The van der Waals surface area contributed by atoms with Gasteiger partial charge in [-0.05, 0) is 12.1 Å². The lowest BCUT2D eigenvalue weighted by atomic mass is 10.0. The van der Waals surface area contributed by atoms with Gasteiger partial charge in [-0.15, -0.1) is 0 Å². The highest BCUT2D eigenvalue weighted by atomic mass is 16.5. The predicted molar refractivity (Wildman–Crippen MR) is 103 cm³/mol. The number of aliphatic imine (C=N–C) groups is 1. The Hall–Kier alpha value is -3.02. The largest absolute Gasteiger partial charge is 0.493 e. The van der Waals surface area contributed by atoms with E-state index in [1.165, 1.54) is 5.39 Å². The molecule has 1 aromatic heterocycles. The number of para-hydroxylation sites is 2. The van der Waals surface area contributed by atoms with Gasteiger partial charge in [-0.2, -0.15) is 5.10 Å². The molecule has 4 rings (SSSR count). The first-order valence-electron chi connectivity index (χ1n) is 8.91. The fourth-order valence-electron chi connectivity index (χ4n) is 3.47. The highest BCUT2D eigenvalue weighted by Gasteiger charge is 2.21. The zero-order chi connectivity index (χ0) is 17.9. The number of fused-ring (bicyclic) bond motifs is 2. The number of nitrogens with two attached hydrogens (primary N) is 1. The Balaban J connectivity index is 1.41. The normalized spacial score (nSPS) is 17.0. The molecule has 1 aliphatic rings. The van der Waals surface area contributed by atoms with E-state index in [4.69, 9.17) is 10.5 Å². The first kappa shape index (κ1) is 16.4. The minimum atomic E-state index is 0.138. The third kappa shape index (κ3) is 3.22. The van der Waals surface area contributed by atoms with Crippen molar-refractivity contribution in [2.75, 3.05) is 13.2 Å². The number of nitrogens with one attached hydrogen (secondary N) is 1. The molecule has 1 atom stereocenters. The molecule has 0 amide bonds. The van der Waals surface area contributed by atoms with E-state index in [9.17, 15) is 0 Å². The van der Waals surface area contributed by atoms with Crippen molar-refractivity contribution in [3.05, 3.63) is 59.8 Å². The standard InChI is InChI=1S/C20H23N5O/c1-25-18-8-4-2-6-14(18)17(24-25)10-12-22-20(21)23-16-11-13-26-19-9-5-3-7-15(16)19/h2-9,16H,10-13H2,1H3,(H3,21,22,23). The van der Waals surface area contributed by atoms with E-state index in [1.54, 1.807) is 0 Å². The molecular formula is C20H23N5O. The van der Waals surface area contributed by atoms with E-state index >= 15 is 0 Å². The van der Waals surface area contributed by atoms with E-state index < -0.39 is 0 Å². The molecule has 1 unspecified atom stereocenters. The molecule has 6 heteroatoms. The van der Waals surface area contributed by atoms with Crippen LogP contribution in [-0.4, -0.2) is 28.9 Å². The quantitative estimate of drug-likeness (QED) is 0.560. The molecule has 26 heavy (non-hydrogen) atoms. The van der Waals surface area contributed by atoms with Gasteiger partial charge in [-0.1, -0.05) is 36.4 Å². The summed E-state index contributed by atoms with van der Waals surface area (Å²) in [6, 6.07) is 16.4. The second kappa shape index (κ2) is 7.07. The summed E-state index contributed by atoms with van der Waals surface area (Å²) in [6.45, 7) is 1.28. The second-order valence-corrected chi connectivity index (χ2v) is 6.48. The Morgan fingerprint density at radius 2 is 2.08 bits per heavy atom. The van der Waals surface area contributed by atoms with E-state index in [0.29, 0.717) is 19.1 Å². The van der Waals surface area contributed by atoms with Crippen LogP contribution in [0.25, 0.3) is 10.9 Å². The number of benzene rings is 2. The highest BCUT2D eigenvalue weighted by molar-refractivity contribution is 5.82. The van der Waals surface area contributed by atoms with Gasteiger partial charge in [0.05, 0.1) is 23.9 Å². The van der Waals surface area contributed by atoms with Crippen molar-refractivity contribution < 1.29 is 4.74 Å². The van der Waals surface area contributed by atoms with Crippen LogP contribution in [0.3, 0.4) is 0 Å². The van der Waals surface area contributed by atoms with Gasteiger partial charge >= 0.3 is 0 Å². The Kier molecular flexibility index (Phi) is 4.48. The van der Waals surface area contributed by atoms with Gasteiger partial charge in [0, 0.05) is 37.4 Å². The maximum atomic E-state index is 6.12. The summed E-state index contributed by atoms with van der Waals surface area (Å²) in [5, 5.41) is 9.10. The predicted octanol–water partition coefficient (Wildman–Crippen LogP) is 2.54. The van der Waals surface area contributed by atoms with E-state index in [1.807, 2.05) is 42.1 Å². The van der Waals surface area contributed by atoms with Gasteiger partial charge in [-0.25, -0.2) is 0 Å². The average molecular weight is 349 g/mol. The Morgan fingerprint density at radius 3 is 3.00 bits per heavy atom. The molecule has 2 aromatic carbocycles. The van der Waals surface area contributed by atoms with Gasteiger partial charge in [0.2, 0.25) is 0 Å². The maximum absolute atomic E-state index is 6.12. The number of rotatable bonds is 4. The number of guanidine groups is 1. The van der Waals surface area contributed by atoms with Crippen molar-refractivity contribution in [3.8, 4) is 5.75 Å². The molecule has 3 aromatic rings. The number of hydrogen-bond acceptors (Lipinski definition) is 3. The maximum Gasteiger partial charge on any atom is 0.189 e. The molecule has 0 bridgehead atoms. The third-order valence-corrected chi connectivity index (χ3v) is 4.75. The van der Waals surface area contributed by atoms with Gasteiger partial charge in [0.1, 0.15) is 5.75 Å². The topological polar surface area (TPSA) is 77.5 Å². The molecule has 0 spiro atoms. The zero-order valence-electron chi connectivity index (χ0n) is 14.9. The number of aryl methyl sites for hydroxylation is 1. The van der Waals surface area contributed by atoms with Crippen molar-refractivity contribution in [1.82, 2.24) is 15.1 Å². The van der Waals surface area contributed by atoms with Crippen molar-refractivity contribution in [2.45, 2.75) is 18.9 Å². The van der Waals surface area contributed by atoms with Gasteiger partial charge < -0.3 is 15.8 Å². The number of nitrogens with zero attached hydrogens (tertiary/aromatic N) is 3. The van der Waals surface area contributed by atoms with Crippen LogP contribution in [0.2, 0.25) is 0 Å². The van der Waals surface area contributed by atoms with Gasteiger partial charge in [0.25, 0.3) is 0 Å². The monoisotopic (exact) mass is 349 g/mol. The van der Waals surface area contributed by atoms with Crippen LogP contribution in [0.5, 0.6) is 5.75 Å². The SMILES string of the molecule is Cn1nc(CCN=C(N)NC2CCOc3ccccc32)c2ccccc21. The first-order chi connectivity index (χ1) is 12.7. The van der Waals surface area contributed by atoms with Crippen LogP contribution >= 0.6 is 0 Å². The molecular weight excluding hydrogens is 326 g/mol. The minimum Gasteiger partial charge on any atom is -0.493 e. The molecule has 0 aliphatic carbocycles. The average Bonchev–Trinajstić information content (AvgIpc) is 2.98. The van der Waals surface area contributed by atoms with Crippen molar-refractivity contribution >= 4 is 16.9 Å². The molecule has 0 saturated carbocycles. The lowest BCUT2D eigenvalue weighted by Gasteiger charge is -2.26. The lowest BCUT2D eigenvalue weighted by molar-refractivity contribution is 0.262. The van der Waals surface area contributed by atoms with Crippen molar-refractivity contribution in [2.24, 2.45) is 17.8 Å². The van der Waals surface area contributed by atoms with Crippen LogP contribution in [0.1, 0.15) is 23.7 Å². The van der Waals surface area contributed by atoms with E-state index in [2.05, 4.69) is 33.6 Å². The second-order valence-electron chi connectivity index (χ2n) is 6.48. The summed E-state index contributed by atoms with van der Waals surface area (Å²) in [6.07, 6.45) is 1.63. The summed E-state index contributed by atoms with van der Waals surface area (Å²) in [7, 11) is 1.97. The number of ether oxygens (including phenoxy) is 1. The molecule has 134 valence electrons. The Labute approximate surface area is 152 Å². The minimum absolute atomic E-state index is 0.138. The smallest absolute Gasteiger partial charge is 0.189 e. The zero-order valence-corrected chi connectivity index (χ0v) is 14.9. The Bertz CT molecular complexity index is 946. The molecule has 0 saturated heterocycles. The summed E-state index contributed by atoms with van der Waals surface area (Å²) >= 11 is 0. The van der Waals surface area contributed by atoms with Crippen LogP contribution in [0.4, 0.5) is 0 Å².